The number of aromatic nitrogens is 4. The van der Waals surface area contributed by atoms with Crippen LogP contribution in [0.1, 0.15) is 12.8 Å². The zero-order chi connectivity index (χ0) is 26.1. The third-order valence-corrected chi connectivity index (χ3v) is 6.97. The van der Waals surface area contributed by atoms with Gasteiger partial charge in [0.05, 0.1) is 28.3 Å². The minimum Gasteiger partial charge on any atom is -0.337 e. The van der Waals surface area contributed by atoms with Gasteiger partial charge in [0.25, 0.3) is 0 Å². The van der Waals surface area contributed by atoms with E-state index in [1.807, 2.05) is 36.4 Å². The summed E-state index contributed by atoms with van der Waals surface area (Å²) in [6, 6.07) is 16.2. The quantitative estimate of drug-likeness (QED) is 0.257. The number of carbonyl (C=O) groups excluding carboxylic acids is 1. The van der Waals surface area contributed by atoms with Crippen molar-refractivity contribution in [2.45, 2.75) is 18.9 Å². The van der Waals surface area contributed by atoms with E-state index in [1.54, 1.807) is 30.5 Å². The number of rotatable bonds is 6. The van der Waals surface area contributed by atoms with Crippen LogP contribution in [0.15, 0.2) is 79.3 Å². The number of aromatic amines is 1. The van der Waals surface area contributed by atoms with Crippen LogP contribution in [0.3, 0.4) is 0 Å². The molecule has 190 valence electrons. The lowest BCUT2D eigenvalue weighted by Crippen LogP contribution is -2.23. The lowest BCUT2D eigenvalue weighted by Gasteiger charge is -2.17. The van der Waals surface area contributed by atoms with Crippen molar-refractivity contribution >= 4 is 44.9 Å². The minimum atomic E-state index is -0.397. The molecule has 5 aromatic rings. The van der Waals surface area contributed by atoms with E-state index in [1.165, 1.54) is 12.4 Å². The molecule has 0 bridgehead atoms. The van der Waals surface area contributed by atoms with E-state index in [-0.39, 0.29) is 11.9 Å². The first kappa shape index (κ1) is 23.7. The fourth-order valence-corrected chi connectivity index (χ4v) is 4.99. The van der Waals surface area contributed by atoms with E-state index >= 15 is 0 Å². The molecule has 2 aromatic heterocycles. The molecule has 1 fully saturated rings. The fourth-order valence-electron chi connectivity index (χ4n) is 4.99. The summed E-state index contributed by atoms with van der Waals surface area (Å²) in [5.41, 5.74) is 3.94. The first-order valence-electron chi connectivity index (χ1n) is 12.5. The molecule has 3 heterocycles. The van der Waals surface area contributed by atoms with Crippen LogP contribution in [-0.2, 0) is 4.79 Å². The second-order valence-electron chi connectivity index (χ2n) is 9.42. The van der Waals surface area contributed by atoms with Crippen molar-refractivity contribution in [1.82, 2.24) is 25.1 Å². The molecule has 1 amide bonds. The number of H-pyrrole nitrogens is 1. The molecule has 38 heavy (non-hydrogen) atoms. The summed E-state index contributed by atoms with van der Waals surface area (Å²) >= 11 is 0. The summed E-state index contributed by atoms with van der Waals surface area (Å²) in [4.78, 5) is 24.2. The summed E-state index contributed by atoms with van der Waals surface area (Å²) in [5, 5.41) is 14.9. The third kappa shape index (κ3) is 4.59. The maximum Gasteiger partial charge on any atom is 0.248 e. The van der Waals surface area contributed by atoms with E-state index in [0.717, 1.165) is 41.4 Å². The summed E-state index contributed by atoms with van der Waals surface area (Å²) in [5.74, 6) is -0.195. The second-order valence-corrected chi connectivity index (χ2v) is 9.42. The number of hydrogen-bond donors (Lipinski definition) is 3. The molecule has 8 nitrogen and oxygen atoms in total. The van der Waals surface area contributed by atoms with Crippen LogP contribution in [-0.4, -0.2) is 50.6 Å². The number of nitrogens with zero attached hydrogens (tertiary/aromatic N) is 4. The van der Waals surface area contributed by atoms with Gasteiger partial charge >= 0.3 is 0 Å². The van der Waals surface area contributed by atoms with Crippen molar-refractivity contribution in [2.75, 3.05) is 24.2 Å². The molecule has 3 aromatic carbocycles. The van der Waals surface area contributed by atoms with Gasteiger partial charge in [0.2, 0.25) is 5.91 Å². The Hall–Kier alpha value is -4.63. The average molecular weight is 508 g/mol. The second kappa shape index (κ2) is 10.0. The molecular weight excluding hydrogens is 481 g/mol. The lowest BCUT2D eigenvalue weighted by molar-refractivity contribution is -0.111. The molecule has 0 spiro atoms. The molecule has 6 rings (SSSR count). The van der Waals surface area contributed by atoms with Crippen molar-refractivity contribution < 1.29 is 9.18 Å². The van der Waals surface area contributed by atoms with Crippen LogP contribution >= 0.6 is 0 Å². The zero-order valence-electron chi connectivity index (χ0n) is 20.8. The first-order valence-corrected chi connectivity index (χ1v) is 12.5. The smallest absolute Gasteiger partial charge is 0.248 e. The van der Waals surface area contributed by atoms with Crippen molar-refractivity contribution in [3.63, 3.8) is 0 Å². The monoisotopic (exact) mass is 507 g/mol. The van der Waals surface area contributed by atoms with Gasteiger partial charge in [-0.25, -0.2) is 14.4 Å². The van der Waals surface area contributed by atoms with Crippen LogP contribution in [0.4, 0.5) is 21.6 Å². The summed E-state index contributed by atoms with van der Waals surface area (Å²) < 4.78 is 14.5. The highest BCUT2D eigenvalue weighted by molar-refractivity contribution is 6.12. The number of likely N-dealkylation sites (tertiary alicyclic amines) is 1. The molecule has 0 radical (unpaired) electrons. The molecule has 0 aliphatic carbocycles. The van der Waals surface area contributed by atoms with E-state index in [4.69, 9.17) is 0 Å². The molecule has 1 aliphatic rings. The number of halogens is 1. The van der Waals surface area contributed by atoms with Crippen LogP contribution < -0.4 is 10.6 Å². The van der Waals surface area contributed by atoms with Gasteiger partial charge in [-0.15, -0.1) is 0 Å². The Balaban J connectivity index is 1.47. The minimum absolute atomic E-state index is 0.228. The Labute approximate surface area is 218 Å². The van der Waals surface area contributed by atoms with E-state index in [0.29, 0.717) is 28.1 Å². The van der Waals surface area contributed by atoms with Gasteiger partial charge in [0, 0.05) is 28.8 Å². The van der Waals surface area contributed by atoms with Crippen molar-refractivity contribution in [2.24, 2.45) is 0 Å². The SMILES string of the molecule is CN1CCC[C@@H]1/C=C/C(=O)Nc1ccc2ncnc(Nc3ccccc3F)c2c1-c1ccc2cn[nH]c2c1. The van der Waals surface area contributed by atoms with Gasteiger partial charge in [-0.05, 0) is 62.3 Å². The largest absolute Gasteiger partial charge is 0.337 e. The highest BCUT2D eigenvalue weighted by atomic mass is 19.1. The van der Waals surface area contributed by atoms with Crippen LogP contribution in [0.2, 0.25) is 0 Å². The van der Waals surface area contributed by atoms with Gasteiger partial charge in [0.1, 0.15) is 18.0 Å². The first-order chi connectivity index (χ1) is 18.6. The molecule has 1 saturated heterocycles. The van der Waals surface area contributed by atoms with Crippen molar-refractivity contribution in [3.05, 3.63) is 85.1 Å². The summed E-state index contributed by atoms with van der Waals surface area (Å²) in [7, 11) is 2.07. The number of benzene rings is 3. The molecule has 9 heteroatoms. The fraction of sp³-hybridized carbons (Fsp3) is 0.172. The number of carbonyl (C=O) groups is 1. The number of amides is 1. The van der Waals surface area contributed by atoms with Gasteiger partial charge in [-0.3, -0.25) is 14.8 Å². The number of hydrogen-bond acceptors (Lipinski definition) is 6. The number of likely N-dealkylation sites (N-methyl/N-ethyl adjacent to an activating group) is 1. The topological polar surface area (TPSA) is 98.8 Å². The Morgan fingerprint density at radius 2 is 2.03 bits per heavy atom. The van der Waals surface area contributed by atoms with Gasteiger partial charge in [0.15, 0.2) is 0 Å². The molecule has 3 N–H and O–H groups in total. The van der Waals surface area contributed by atoms with E-state index < -0.39 is 5.82 Å². The summed E-state index contributed by atoms with van der Waals surface area (Å²) in [6.07, 6.45) is 8.90. The number of para-hydroxylation sites is 1. The normalized spacial score (nSPS) is 16.0. The number of nitrogens with one attached hydrogen (secondary N) is 3. The third-order valence-electron chi connectivity index (χ3n) is 6.97. The average Bonchev–Trinajstić information content (AvgIpc) is 3.57. The molecule has 0 saturated carbocycles. The van der Waals surface area contributed by atoms with E-state index in [9.17, 15) is 9.18 Å². The van der Waals surface area contributed by atoms with Gasteiger partial charge in [-0.1, -0.05) is 30.3 Å². The van der Waals surface area contributed by atoms with Gasteiger partial charge in [-0.2, -0.15) is 5.10 Å². The maximum atomic E-state index is 14.5. The van der Waals surface area contributed by atoms with E-state index in [2.05, 4.69) is 42.7 Å². The number of anilines is 3. The van der Waals surface area contributed by atoms with Crippen LogP contribution in [0.5, 0.6) is 0 Å². The Morgan fingerprint density at radius 1 is 1.13 bits per heavy atom. The standard InChI is InChI=1S/C29H26FN7O/c1-37-14-4-5-20(37)10-13-26(38)34-24-12-11-23-28(27(24)18-8-9-19-16-33-36-25(19)15-18)29(32-17-31-23)35-22-7-3-2-6-21(22)30/h2-3,6-13,15-17,20H,4-5,14H2,1H3,(H,33,36)(H,34,38)(H,31,32,35)/b13-10+/t20-/m1/s1. The highest BCUT2D eigenvalue weighted by Crippen LogP contribution is 2.40. The highest BCUT2D eigenvalue weighted by Gasteiger charge is 2.20. The molecule has 0 unspecified atom stereocenters. The lowest BCUT2D eigenvalue weighted by atomic mass is 9.97. The molecule has 1 atom stereocenters. The Bertz CT molecular complexity index is 1680. The number of fused-ring (bicyclic) bond motifs is 2. The van der Waals surface area contributed by atoms with Crippen LogP contribution in [0.25, 0.3) is 32.9 Å². The Morgan fingerprint density at radius 3 is 2.87 bits per heavy atom. The Kier molecular flexibility index (Phi) is 6.27. The predicted molar refractivity (Wildman–Crippen MR) is 148 cm³/mol. The maximum absolute atomic E-state index is 14.5. The van der Waals surface area contributed by atoms with Crippen molar-refractivity contribution in [1.29, 1.82) is 0 Å². The van der Waals surface area contributed by atoms with Gasteiger partial charge < -0.3 is 10.6 Å². The summed E-state index contributed by atoms with van der Waals surface area (Å²) in [6.45, 7) is 1.03. The molecular formula is C29H26FN7O. The van der Waals surface area contributed by atoms with Crippen molar-refractivity contribution in [3.8, 4) is 11.1 Å². The molecule has 1 aliphatic heterocycles. The van der Waals surface area contributed by atoms with Crippen LogP contribution in [0, 0.1) is 5.82 Å². The predicted octanol–water partition coefficient (Wildman–Crippen LogP) is 5.64. The zero-order valence-corrected chi connectivity index (χ0v) is 20.8.